The second-order valence-corrected chi connectivity index (χ2v) is 13.2. The van der Waals surface area contributed by atoms with E-state index < -0.39 is 0 Å². The van der Waals surface area contributed by atoms with Crippen LogP contribution in [0.3, 0.4) is 0 Å². The van der Waals surface area contributed by atoms with Crippen molar-refractivity contribution >= 4 is 21.5 Å². The molecule has 0 spiro atoms. The predicted molar refractivity (Wildman–Crippen MR) is 212 cm³/mol. The Morgan fingerprint density at radius 2 is 0.868 bits per heavy atom. The smallest absolute Gasteiger partial charge is 1.00 e. The standard InChI is InChI=1S/2C24H23O.2ClH.Zr/c2*1-3-6-17-9-11-18(12-10-17)22-8-5-7-19-15-20(16-23(19)22)24-14-13-21(4-2)25-24;;;/h2*5,7-16H,3-4,6H2,1-2H3;2*1H;/q2*-1;;;+4/p-2. The zero-order valence-electron chi connectivity index (χ0n) is 31.0. The molecule has 0 amide bonds. The van der Waals surface area contributed by atoms with Crippen LogP contribution in [0.15, 0.2) is 142 Å². The third-order valence-electron chi connectivity index (χ3n) is 9.70. The number of hydrogen-bond acceptors (Lipinski definition) is 2. The molecule has 53 heavy (non-hydrogen) atoms. The Hall–Kier alpha value is -3.88. The molecule has 2 heterocycles. The van der Waals surface area contributed by atoms with Gasteiger partial charge in [0, 0.05) is 12.8 Å². The SMILES string of the molecule is CCCc1ccc(-c2cccc3[cH-]c(-c4ccc(CC)o4)cc23)cc1.CCCc1ccc(-c2cccc3[cH-]c(-c4ccc(CC)o4)cc23)cc1.[Cl-].[Cl-].[Zr+4]. The Morgan fingerprint density at radius 1 is 0.472 bits per heavy atom. The molecular formula is C48H46Cl2O2Zr. The molecule has 8 rings (SSSR count). The van der Waals surface area contributed by atoms with E-state index >= 15 is 0 Å². The molecule has 0 unspecified atom stereocenters. The van der Waals surface area contributed by atoms with E-state index in [0.717, 1.165) is 59.9 Å². The summed E-state index contributed by atoms with van der Waals surface area (Å²) in [4.78, 5) is 0. The number of benzene rings is 4. The minimum absolute atomic E-state index is 0. The monoisotopic (exact) mass is 814 g/mol. The Bertz CT molecular complexity index is 2150. The van der Waals surface area contributed by atoms with Crippen LogP contribution in [0.25, 0.3) is 66.4 Å². The molecule has 0 N–H and O–H groups in total. The molecule has 6 aromatic carbocycles. The molecule has 2 nitrogen and oxygen atoms in total. The van der Waals surface area contributed by atoms with Crippen molar-refractivity contribution in [2.24, 2.45) is 0 Å². The van der Waals surface area contributed by atoms with Crippen molar-refractivity contribution in [3.05, 3.63) is 156 Å². The molecule has 8 aromatic rings. The Balaban J connectivity index is 0.000000224. The number of aryl methyl sites for hydroxylation is 4. The van der Waals surface area contributed by atoms with Gasteiger partial charge in [-0.1, -0.05) is 136 Å². The Kier molecular flexibility index (Phi) is 15.4. The first-order chi connectivity index (χ1) is 24.6. The van der Waals surface area contributed by atoms with Gasteiger partial charge in [0.25, 0.3) is 0 Å². The summed E-state index contributed by atoms with van der Waals surface area (Å²) < 4.78 is 11.9. The molecule has 0 saturated heterocycles. The molecule has 0 atom stereocenters. The van der Waals surface area contributed by atoms with Gasteiger partial charge >= 0.3 is 26.2 Å². The largest absolute Gasteiger partial charge is 4.00 e. The molecule has 0 bridgehead atoms. The van der Waals surface area contributed by atoms with Gasteiger partial charge in [-0.15, -0.1) is 57.9 Å². The molecule has 0 radical (unpaired) electrons. The first kappa shape index (κ1) is 41.9. The minimum Gasteiger partial charge on any atom is -1.00 e. The van der Waals surface area contributed by atoms with Crippen LogP contribution < -0.4 is 24.8 Å². The van der Waals surface area contributed by atoms with E-state index in [0.29, 0.717) is 0 Å². The third-order valence-corrected chi connectivity index (χ3v) is 9.70. The number of hydrogen-bond donors (Lipinski definition) is 0. The molecule has 268 valence electrons. The van der Waals surface area contributed by atoms with E-state index in [1.807, 2.05) is 0 Å². The van der Waals surface area contributed by atoms with Crippen LogP contribution >= 0.6 is 0 Å². The summed E-state index contributed by atoms with van der Waals surface area (Å²) in [6.07, 6.45) is 6.51. The second-order valence-electron chi connectivity index (χ2n) is 13.2. The minimum atomic E-state index is 0. The summed E-state index contributed by atoms with van der Waals surface area (Å²) in [7, 11) is 0. The van der Waals surface area contributed by atoms with Gasteiger partial charge in [-0.25, -0.2) is 0 Å². The summed E-state index contributed by atoms with van der Waals surface area (Å²) >= 11 is 0. The van der Waals surface area contributed by atoms with Gasteiger partial charge in [0.2, 0.25) is 0 Å². The number of furan rings is 2. The van der Waals surface area contributed by atoms with Crippen LogP contribution in [0, 0.1) is 0 Å². The summed E-state index contributed by atoms with van der Waals surface area (Å²) in [5.41, 5.74) is 10.2. The summed E-state index contributed by atoms with van der Waals surface area (Å²) in [5.74, 6) is 3.98. The van der Waals surface area contributed by atoms with Crippen LogP contribution in [0.2, 0.25) is 0 Å². The maximum absolute atomic E-state index is 5.94. The van der Waals surface area contributed by atoms with E-state index in [4.69, 9.17) is 8.83 Å². The number of rotatable bonds is 10. The van der Waals surface area contributed by atoms with Crippen LogP contribution in [0.5, 0.6) is 0 Å². The van der Waals surface area contributed by atoms with Gasteiger partial charge in [-0.05, 0) is 59.4 Å². The average molecular weight is 817 g/mol. The van der Waals surface area contributed by atoms with Crippen LogP contribution in [0.4, 0.5) is 0 Å². The van der Waals surface area contributed by atoms with Gasteiger partial charge in [0.1, 0.15) is 0 Å². The van der Waals surface area contributed by atoms with Crippen molar-refractivity contribution < 1.29 is 59.9 Å². The Labute approximate surface area is 346 Å². The van der Waals surface area contributed by atoms with Crippen molar-refractivity contribution in [1.82, 2.24) is 0 Å². The molecular weight excluding hydrogens is 771 g/mol. The van der Waals surface area contributed by atoms with E-state index in [2.05, 4.69) is 161 Å². The van der Waals surface area contributed by atoms with E-state index in [1.54, 1.807) is 0 Å². The van der Waals surface area contributed by atoms with E-state index in [1.165, 1.54) is 67.8 Å². The fourth-order valence-electron chi connectivity index (χ4n) is 6.98. The fraction of sp³-hybridized carbons (Fsp3) is 0.208. The topological polar surface area (TPSA) is 26.3 Å². The third kappa shape index (κ3) is 9.44. The second kappa shape index (κ2) is 19.4. The van der Waals surface area contributed by atoms with Gasteiger partial charge < -0.3 is 33.6 Å². The first-order valence-corrected chi connectivity index (χ1v) is 18.3. The maximum atomic E-state index is 5.94. The number of halogens is 2. The molecule has 2 aromatic heterocycles. The Morgan fingerprint density at radius 3 is 1.21 bits per heavy atom. The molecule has 0 fully saturated rings. The van der Waals surface area contributed by atoms with E-state index in [-0.39, 0.29) is 51.0 Å². The summed E-state index contributed by atoms with van der Waals surface area (Å²) in [6, 6.07) is 48.3. The van der Waals surface area contributed by atoms with Crippen molar-refractivity contribution in [1.29, 1.82) is 0 Å². The van der Waals surface area contributed by atoms with Crippen LogP contribution in [0.1, 0.15) is 63.2 Å². The summed E-state index contributed by atoms with van der Waals surface area (Å²) in [6.45, 7) is 8.67. The first-order valence-electron chi connectivity index (χ1n) is 18.3. The zero-order chi connectivity index (χ0) is 34.5. The molecule has 5 heteroatoms. The summed E-state index contributed by atoms with van der Waals surface area (Å²) in [5, 5.41) is 5.10. The van der Waals surface area contributed by atoms with Crippen molar-refractivity contribution in [3.8, 4) is 44.9 Å². The van der Waals surface area contributed by atoms with Gasteiger partial charge in [0.05, 0.1) is 23.0 Å². The van der Waals surface area contributed by atoms with Crippen LogP contribution in [-0.2, 0) is 51.9 Å². The van der Waals surface area contributed by atoms with Gasteiger partial charge in [-0.2, -0.15) is 0 Å². The molecule has 0 aliphatic heterocycles. The molecule has 0 aliphatic carbocycles. The maximum Gasteiger partial charge on any atom is 4.00 e. The predicted octanol–water partition coefficient (Wildman–Crippen LogP) is 8.01. The molecule has 0 saturated carbocycles. The molecule has 0 aliphatic rings. The van der Waals surface area contributed by atoms with Crippen LogP contribution in [-0.4, -0.2) is 0 Å². The normalized spacial score (nSPS) is 10.6. The van der Waals surface area contributed by atoms with Crippen molar-refractivity contribution in [2.45, 2.75) is 66.2 Å². The average Bonchev–Trinajstić information content (AvgIpc) is 3.98. The quantitative estimate of drug-likeness (QED) is 0.131. The fourth-order valence-corrected chi connectivity index (χ4v) is 6.98. The van der Waals surface area contributed by atoms with E-state index in [9.17, 15) is 0 Å². The zero-order valence-corrected chi connectivity index (χ0v) is 35.0. The van der Waals surface area contributed by atoms with Crippen molar-refractivity contribution in [3.63, 3.8) is 0 Å². The van der Waals surface area contributed by atoms with Gasteiger partial charge in [0.15, 0.2) is 0 Å². The van der Waals surface area contributed by atoms with Crippen molar-refractivity contribution in [2.75, 3.05) is 0 Å². The van der Waals surface area contributed by atoms with Gasteiger partial charge in [-0.3, -0.25) is 0 Å². The number of fused-ring (bicyclic) bond motifs is 2.